The summed E-state index contributed by atoms with van der Waals surface area (Å²) in [6.45, 7) is 0.170. The van der Waals surface area contributed by atoms with Crippen molar-refractivity contribution in [2.24, 2.45) is 11.7 Å². The molecular weight excluding hydrogens is 280 g/mol. The third-order valence-corrected chi connectivity index (χ3v) is 5.40. The molecule has 20 heavy (non-hydrogen) atoms. The van der Waals surface area contributed by atoms with Gasteiger partial charge in [0.2, 0.25) is 15.9 Å². The monoisotopic (exact) mass is 298 g/mol. The highest BCUT2D eigenvalue weighted by molar-refractivity contribution is 7.89. The summed E-state index contributed by atoms with van der Waals surface area (Å²) in [5.74, 6) is -1.28. The van der Waals surface area contributed by atoms with E-state index in [0.29, 0.717) is 12.8 Å². The number of sulfonamides is 1. The van der Waals surface area contributed by atoms with E-state index in [4.69, 9.17) is 5.73 Å². The number of nitrogens with zero attached hydrogens (tertiary/aromatic N) is 1. The molecule has 0 aliphatic carbocycles. The summed E-state index contributed by atoms with van der Waals surface area (Å²) in [7, 11) is -3.65. The Hall–Kier alpha value is -1.44. The fourth-order valence-corrected chi connectivity index (χ4v) is 3.92. The molecule has 2 rings (SSSR count). The lowest BCUT2D eigenvalue weighted by Crippen LogP contribution is -2.41. The zero-order valence-corrected chi connectivity index (χ0v) is 11.8. The molecule has 2 atom stereocenters. The van der Waals surface area contributed by atoms with Crippen molar-refractivity contribution in [2.45, 2.75) is 23.8 Å². The van der Waals surface area contributed by atoms with Crippen LogP contribution < -0.4 is 5.73 Å². The molecule has 1 amide bonds. The Morgan fingerprint density at radius 2 is 1.95 bits per heavy atom. The van der Waals surface area contributed by atoms with Crippen molar-refractivity contribution in [3.63, 3.8) is 0 Å². The molecule has 1 aliphatic heterocycles. The lowest BCUT2D eigenvalue weighted by atomic mass is 9.98. The van der Waals surface area contributed by atoms with Gasteiger partial charge >= 0.3 is 0 Å². The fourth-order valence-electron chi connectivity index (χ4n) is 2.40. The van der Waals surface area contributed by atoms with E-state index in [1.54, 1.807) is 18.2 Å². The van der Waals surface area contributed by atoms with E-state index in [1.165, 1.54) is 16.4 Å². The van der Waals surface area contributed by atoms with Crippen LogP contribution in [0, 0.1) is 5.92 Å². The van der Waals surface area contributed by atoms with Crippen molar-refractivity contribution < 1.29 is 18.3 Å². The largest absolute Gasteiger partial charge is 0.391 e. The fraction of sp³-hybridized carbons (Fsp3) is 0.462. The summed E-state index contributed by atoms with van der Waals surface area (Å²) >= 11 is 0. The topological polar surface area (TPSA) is 101 Å². The number of nitrogens with two attached hydrogens (primary N) is 1. The molecule has 1 aromatic carbocycles. The number of benzene rings is 1. The van der Waals surface area contributed by atoms with Crippen LogP contribution in [0.15, 0.2) is 35.2 Å². The molecule has 1 aliphatic rings. The van der Waals surface area contributed by atoms with E-state index in [1.807, 2.05) is 0 Å². The number of hydrogen-bond acceptors (Lipinski definition) is 4. The maximum atomic E-state index is 12.5. The van der Waals surface area contributed by atoms with Gasteiger partial charge in [-0.15, -0.1) is 0 Å². The molecule has 2 unspecified atom stereocenters. The van der Waals surface area contributed by atoms with E-state index in [9.17, 15) is 18.3 Å². The number of aliphatic hydroxyl groups excluding tert-OH is 1. The van der Waals surface area contributed by atoms with E-state index in [0.717, 1.165) is 0 Å². The first-order valence-corrected chi connectivity index (χ1v) is 7.89. The molecule has 110 valence electrons. The maximum Gasteiger partial charge on any atom is 0.243 e. The number of amides is 1. The van der Waals surface area contributed by atoms with Crippen LogP contribution in [0.4, 0.5) is 0 Å². The predicted molar refractivity (Wildman–Crippen MR) is 73.1 cm³/mol. The highest BCUT2D eigenvalue weighted by Crippen LogP contribution is 2.23. The molecule has 0 saturated carbocycles. The van der Waals surface area contributed by atoms with Crippen LogP contribution in [0.1, 0.15) is 12.8 Å². The molecule has 7 heteroatoms. The zero-order valence-electron chi connectivity index (χ0n) is 11.0. The first-order valence-electron chi connectivity index (χ1n) is 6.45. The van der Waals surface area contributed by atoms with Gasteiger partial charge in [0.25, 0.3) is 0 Å². The van der Waals surface area contributed by atoms with Crippen LogP contribution in [-0.4, -0.2) is 42.9 Å². The third kappa shape index (κ3) is 3.00. The van der Waals surface area contributed by atoms with Crippen LogP contribution >= 0.6 is 0 Å². The smallest absolute Gasteiger partial charge is 0.243 e. The van der Waals surface area contributed by atoms with Crippen LogP contribution in [-0.2, 0) is 14.8 Å². The standard InChI is InChI=1S/C13H18N2O4S/c14-13(17)11-7-4-8-15(9-12(11)16)20(18,19)10-5-2-1-3-6-10/h1-3,5-6,11-12,16H,4,7-9H2,(H2,14,17). The molecular formula is C13H18N2O4S. The summed E-state index contributed by atoms with van der Waals surface area (Å²) in [4.78, 5) is 11.4. The number of hydrogen-bond donors (Lipinski definition) is 2. The maximum absolute atomic E-state index is 12.5. The molecule has 1 aromatic rings. The first-order chi connectivity index (χ1) is 9.43. The number of primary amides is 1. The third-order valence-electron chi connectivity index (χ3n) is 3.52. The molecule has 3 N–H and O–H groups in total. The Morgan fingerprint density at radius 1 is 1.30 bits per heavy atom. The van der Waals surface area contributed by atoms with Crippen molar-refractivity contribution in [1.82, 2.24) is 4.31 Å². The van der Waals surface area contributed by atoms with Gasteiger partial charge in [-0.25, -0.2) is 8.42 Å². The Morgan fingerprint density at radius 3 is 2.55 bits per heavy atom. The van der Waals surface area contributed by atoms with E-state index in [2.05, 4.69) is 0 Å². The number of rotatable bonds is 3. The highest BCUT2D eigenvalue weighted by atomic mass is 32.2. The van der Waals surface area contributed by atoms with Crippen molar-refractivity contribution in [3.05, 3.63) is 30.3 Å². The van der Waals surface area contributed by atoms with Gasteiger partial charge in [-0.05, 0) is 25.0 Å². The van der Waals surface area contributed by atoms with E-state index < -0.39 is 28.0 Å². The first kappa shape index (κ1) is 15.0. The summed E-state index contributed by atoms with van der Waals surface area (Å²) in [5, 5.41) is 9.99. The number of β-amino-alcohol motifs (C(OH)–C–C–N with tert-alkyl or cyclic N) is 1. The minimum absolute atomic E-state index is 0.106. The van der Waals surface area contributed by atoms with Crippen molar-refractivity contribution in [2.75, 3.05) is 13.1 Å². The van der Waals surface area contributed by atoms with Gasteiger partial charge in [-0.3, -0.25) is 4.79 Å². The van der Waals surface area contributed by atoms with Gasteiger partial charge in [0, 0.05) is 13.1 Å². The Bertz CT molecular complexity index is 573. The summed E-state index contributed by atoms with van der Waals surface area (Å²) in [6, 6.07) is 8.05. The van der Waals surface area contributed by atoms with Gasteiger partial charge in [0.05, 0.1) is 16.9 Å². The van der Waals surface area contributed by atoms with Crippen LogP contribution in [0.2, 0.25) is 0 Å². The molecule has 0 bridgehead atoms. The molecule has 1 fully saturated rings. The van der Waals surface area contributed by atoms with Crippen LogP contribution in [0.25, 0.3) is 0 Å². The van der Waals surface area contributed by atoms with Gasteiger partial charge in [0.1, 0.15) is 0 Å². The SMILES string of the molecule is NC(=O)C1CCCN(S(=O)(=O)c2ccccc2)CC1O. The molecule has 1 saturated heterocycles. The second kappa shape index (κ2) is 5.90. The average molecular weight is 298 g/mol. The second-order valence-electron chi connectivity index (χ2n) is 4.89. The minimum Gasteiger partial charge on any atom is -0.391 e. The molecule has 0 aromatic heterocycles. The van der Waals surface area contributed by atoms with Crippen molar-refractivity contribution >= 4 is 15.9 Å². The minimum atomic E-state index is -3.65. The van der Waals surface area contributed by atoms with Crippen molar-refractivity contribution in [1.29, 1.82) is 0 Å². The average Bonchev–Trinajstić information content (AvgIpc) is 2.62. The lowest BCUT2D eigenvalue weighted by Gasteiger charge is -2.23. The number of aliphatic hydroxyl groups is 1. The van der Waals surface area contributed by atoms with Gasteiger partial charge in [-0.1, -0.05) is 18.2 Å². The quantitative estimate of drug-likeness (QED) is 0.816. The van der Waals surface area contributed by atoms with Gasteiger partial charge in [0.15, 0.2) is 0 Å². The predicted octanol–water partition coefficient (Wildman–Crippen LogP) is -0.0665. The summed E-state index contributed by atoms with van der Waals surface area (Å²) in [5.41, 5.74) is 5.23. The molecule has 6 nitrogen and oxygen atoms in total. The van der Waals surface area contributed by atoms with E-state index in [-0.39, 0.29) is 18.0 Å². The number of carbonyl (C=O) groups is 1. The number of carbonyl (C=O) groups excluding carboxylic acids is 1. The summed E-state index contributed by atoms with van der Waals surface area (Å²) < 4.78 is 26.1. The van der Waals surface area contributed by atoms with Crippen LogP contribution in [0.3, 0.4) is 0 Å². The normalized spacial score (nSPS) is 25.1. The van der Waals surface area contributed by atoms with Crippen molar-refractivity contribution in [3.8, 4) is 0 Å². The molecule has 0 radical (unpaired) electrons. The molecule has 0 spiro atoms. The van der Waals surface area contributed by atoms with E-state index >= 15 is 0 Å². The second-order valence-corrected chi connectivity index (χ2v) is 6.83. The van der Waals surface area contributed by atoms with Gasteiger partial charge < -0.3 is 10.8 Å². The summed E-state index contributed by atoms with van der Waals surface area (Å²) in [6.07, 6.45) is -0.165. The zero-order chi connectivity index (χ0) is 14.8. The lowest BCUT2D eigenvalue weighted by molar-refractivity contribution is -0.125. The van der Waals surface area contributed by atoms with Crippen LogP contribution in [0.5, 0.6) is 0 Å². The molecule has 1 heterocycles. The Labute approximate surface area is 118 Å². The Balaban J connectivity index is 2.23. The van der Waals surface area contributed by atoms with Gasteiger partial charge in [-0.2, -0.15) is 4.31 Å². The Kier molecular flexibility index (Phi) is 4.42. The highest BCUT2D eigenvalue weighted by Gasteiger charge is 2.34.